The van der Waals surface area contributed by atoms with E-state index in [4.69, 9.17) is 14.2 Å². The molecule has 0 bridgehead atoms. The second-order valence-corrected chi connectivity index (χ2v) is 15.9. The first-order valence-corrected chi connectivity index (χ1v) is 19.3. The highest BCUT2D eigenvalue weighted by Crippen LogP contribution is 2.60. The van der Waals surface area contributed by atoms with Crippen molar-refractivity contribution in [2.24, 2.45) is 17.3 Å². The first-order valence-electron chi connectivity index (χ1n) is 19.3. The molecule has 50 heavy (non-hydrogen) atoms. The number of benzene rings is 1. The maximum Gasteiger partial charge on any atom is 0.332 e. The Balaban J connectivity index is 1.42. The zero-order valence-corrected chi connectivity index (χ0v) is 29.9. The number of ether oxygens (including phenoxy) is 3. The summed E-state index contributed by atoms with van der Waals surface area (Å²) in [4.78, 5) is 40.1. The van der Waals surface area contributed by atoms with Crippen LogP contribution in [0.3, 0.4) is 0 Å². The molecular weight excluding hydrogens is 640 g/mol. The predicted octanol–water partition coefficient (Wildman–Crippen LogP) is 4.74. The van der Waals surface area contributed by atoms with Crippen LogP contribution in [0.5, 0.6) is 11.5 Å². The van der Waals surface area contributed by atoms with Crippen molar-refractivity contribution < 1.29 is 43.9 Å². The fourth-order valence-electron chi connectivity index (χ4n) is 10.4. The van der Waals surface area contributed by atoms with Gasteiger partial charge in [0.25, 0.3) is 0 Å². The van der Waals surface area contributed by atoms with Crippen molar-refractivity contribution in [3.63, 3.8) is 0 Å². The van der Waals surface area contributed by atoms with Gasteiger partial charge in [-0.25, -0.2) is 4.79 Å². The van der Waals surface area contributed by atoms with E-state index in [0.29, 0.717) is 63.7 Å². The Morgan fingerprint density at radius 3 is 2.60 bits per heavy atom. The molecule has 0 radical (unpaired) electrons. The lowest BCUT2D eigenvalue weighted by Crippen LogP contribution is -2.65. The van der Waals surface area contributed by atoms with Gasteiger partial charge in [0, 0.05) is 43.3 Å². The van der Waals surface area contributed by atoms with Gasteiger partial charge in [0.2, 0.25) is 5.91 Å². The molecule has 1 amide bonds. The zero-order chi connectivity index (χ0) is 35.5. The van der Waals surface area contributed by atoms with E-state index in [-0.39, 0.29) is 47.9 Å². The molecule has 3 heterocycles. The number of phenolic OH excluding ortho intramolecular Hbond substituents is 1. The maximum atomic E-state index is 14.8. The van der Waals surface area contributed by atoms with Crippen LogP contribution in [0.2, 0.25) is 0 Å². The van der Waals surface area contributed by atoms with E-state index in [1.165, 1.54) is 6.92 Å². The summed E-state index contributed by atoms with van der Waals surface area (Å²) in [6, 6.07) is 3.73. The number of carbonyl (C=O) groups is 3. The number of aliphatic hydroxyl groups excluding tert-OH is 2. The number of carbonyl (C=O) groups excluding carboxylic acids is 3. The lowest BCUT2D eigenvalue weighted by Gasteiger charge is -2.53. The van der Waals surface area contributed by atoms with E-state index in [1.54, 1.807) is 13.0 Å². The Kier molecular flexibility index (Phi) is 11.6. The Morgan fingerprint density at radius 2 is 1.86 bits per heavy atom. The Bertz CT molecular complexity index is 1380. The highest BCUT2D eigenvalue weighted by molar-refractivity contribution is 5.90. The predicted molar refractivity (Wildman–Crippen MR) is 186 cm³/mol. The Hall–Kier alpha value is -2.89. The van der Waals surface area contributed by atoms with E-state index >= 15 is 0 Å². The molecular formula is C39H58N2O9. The van der Waals surface area contributed by atoms with E-state index < -0.39 is 35.2 Å². The molecule has 0 unspecified atom stereocenters. The van der Waals surface area contributed by atoms with Gasteiger partial charge in [-0.1, -0.05) is 18.9 Å². The number of piperidine rings is 2. The Labute approximate surface area is 296 Å². The van der Waals surface area contributed by atoms with Crippen molar-refractivity contribution in [3.8, 4) is 11.5 Å². The topological polar surface area (TPSA) is 164 Å². The first-order chi connectivity index (χ1) is 24.1. The molecule has 2 aliphatic carbocycles. The molecule has 0 aromatic heterocycles. The minimum atomic E-state index is -1.07. The van der Waals surface area contributed by atoms with Crippen molar-refractivity contribution in [1.82, 2.24) is 10.6 Å². The number of esters is 2. The van der Waals surface area contributed by atoms with Gasteiger partial charge >= 0.3 is 11.9 Å². The summed E-state index contributed by atoms with van der Waals surface area (Å²) in [6.07, 6.45) is 8.47. The van der Waals surface area contributed by atoms with Crippen LogP contribution in [-0.4, -0.2) is 83.3 Å². The van der Waals surface area contributed by atoms with Crippen LogP contribution in [0.25, 0.3) is 0 Å². The van der Waals surface area contributed by atoms with Crippen LogP contribution >= 0.6 is 0 Å². The summed E-state index contributed by atoms with van der Waals surface area (Å²) in [5, 5.41) is 37.5. The minimum absolute atomic E-state index is 0.0153. The molecule has 5 N–H and O–H groups in total. The van der Waals surface area contributed by atoms with Crippen molar-refractivity contribution in [2.75, 3.05) is 26.3 Å². The molecule has 6 rings (SSSR count). The number of hydrogen-bond acceptors (Lipinski definition) is 10. The smallest absolute Gasteiger partial charge is 0.332 e. The third-order valence-electron chi connectivity index (χ3n) is 12.8. The monoisotopic (exact) mass is 698 g/mol. The number of hydrogen-bond donors (Lipinski definition) is 5. The van der Waals surface area contributed by atoms with Gasteiger partial charge in [-0.3, -0.25) is 9.59 Å². The largest absolute Gasteiger partial charge is 0.504 e. The van der Waals surface area contributed by atoms with Crippen LogP contribution in [0, 0.1) is 17.3 Å². The molecule has 8 atom stereocenters. The minimum Gasteiger partial charge on any atom is -0.504 e. The van der Waals surface area contributed by atoms with Gasteiger partial charge in [0.15, 0.2) is 11.5 Å². The number of fused-ring (bicyclic) bond motifs is 1. The van der Waals surface area contributed by atoms with E-state index in [2.05, 4.69) is 10.6 Å². The maximum absolute atomic E-state index is 14.8. The highest BCUT2D eigenvalue weighted by atomic mass is 16.6. The molecule has 1 saturated carbocycles. The van der Waals surface area contributed by atoms with Gasteiger partial charge < -0.3 is 40.2 Å². The molecule has 5 aliphatic rings. The van der Waals surface area contributed by atoms with Crippen molar-refractivity contribution >= 4 is 17.8 Å². The summed E-state index contributed by atoms with van der Waals surface area (Å²) in [7, 11) is 0. The SMILES string of the molecule is CC(=O)O[C@H](CCC[C@H](C)O)C[C@@H](OC(=O)[C@@]12CCCC[C@@H]1CCC(=O)N2)C1([C@H]2CC[C@@H]3c4c2ccc(O)c4OC[C@@H]3CCO)CCNCC1. The molecule has 2 saturated heterocycles. The van der Waals surface area contributed by atoms with E-state index in [0.717, 1.165) is 69.2 Å². The average Bonchev–Trinajstić information content (AvgIpc) is 3.09. The number of aliphatic hydroxyl groups is 2. The summed E-state index contributed by atoms with van der Waals surface area (Å²) < 4.78 is 19.0. The van der Waals surface area contributed by atoms with Crippen LogP contribution in [0.4, 0.5) is 0 Å². The van der Waals surface area contributed by atoms with E-state index in [9.17, 15) is 29.7 Å². The summed E-state index contributed by atoms with van der Waals surface area (Å²) in [6.45, 7) is 5.11. The standard InChI is InChI=1S/C39H58N2O9/c1-24(43)6-5-8-28(49-25(2)44)22-33(50-37(47)39-16-4-3-7-27(39)9-14-34(46)41-39)38(17-19-40-20-18-38)31-12-10-29-26(15-21-42)23-48-36-32(45)13-11-30(31)35(29)36/h11,13,24,26-29,31,33,40,42-43,45H,3-10,12,14-23H2,1-2H3,(H,41,46)/t24-,26-,27+,28+,29-,31-,33+,39+/m0/s1. The summed E-state index contributed by atoms with van der Waals surface area (Å²) in [5.41, 5.74) is 0.498. The second kappa shape index (κ2) is 15.8. The van der Waals surface area contributed by atoms with Crippen molar-refractivity contribution in [3.05, 3.63) is 23.3 Å². The number of phenols is 1. The second-order valence-electron chi connectivity index (χ2n) is 15.9. The quantitative estimate of drug-likeness (QED) is 0.182. The molecule has 3 aliphatic heterocycles. The average molecular weight is 699 g/mol. The van der Waals surface area contributed by atoms with Crippen molar-refractivity contribution in [2.45, 2.75) is 146 Å². The van der Waals surface area contributed by atoms with Gasteiger partial charge in [0.05, 0.1) is 12.7 Å². The first kappa shape index (κ1) is 36.9. The number of amides is 1. The molecule has 11 nitrogen and oxygen atoms in total. The molecule has 1 aromatic rings. The fourth-order valence-corrected chi connectivity index (χ4v) is 10.4. The van der Waals surface area contributed by atoms with Gasteiger partial charge in [-0.05, 0) is 120 Å². The molecule has 3 fully saturated rings. The van der Waals surface area contributed by atoms with Crippen LogP contribution in [0.15, 0.2) is 12.1 Å². The lowest BCUT2D eigenvalue weighted by molar-refractivity contribution is -0.180. The summed E-state index contributed by atoms with van der Waals surface area (Å²) in [5.74, 6) is -0.0171. The molecule has 0 spiro atoms. The zero-order valence-electron chi connectivity index (χ0n) is 29.9. The molecule has 1 aromatic carbocycles. The van der Waals surface area contributed by atoms with Gasteiger partial charge in [-0.15, -0.1) is 0 Å². The summed E-state index contributed by atoms with van der Waals surface area (Å²) >= 11 is 0. The normalized spacial score (nSPS) is 30.4. The fraction of sp³-hybridized carbons (Fsp3) is 0.769. The third kappa shape index (κ3) is 7.37. The van der Waals surface area contributed by atoms with E-state index in [1.807, 2.05) is 6.07 Å². The molecule has 11 heteroatoms. The number of nitrogens with one attached hydrogen (secondary N) is 2. The van der Waals surface area contributed by atoms with Crippen molar-refractivity contribution in [1.29, 1.82) is 0 Å². The van der Waals surface area contributed by atoms with Crippen LogP contribution in [0.1, 0.15) is 133 Å². The third-order valence-corrected chi connectivity index (χ3v) is 12.8. The van der Waals surface area contributed by atoms with Gasteiger partial charge in [0.1, 0.15) is 17.7 Å². The van der Waals surface area contributed by atoms with Crippen LogP contribution in [-0.2, 0) is 23.9 Å². The lowest BCUT2D eigenvalue weighted by atomic mass is 9.56. The molecule has 278 valence electrons. The number of rotatable bonds is 13. The van der Waals surface area contributed by atoms with Crippen LogP contribution < -0.4 is 15.4 Å². The van der Waals surface area contributed by atoms with Gasteiger partial charge in [-0.2, -0.15) is 0 Å². The Morgan fingerprint density at radius 1 is 1.06 bits per heavy atom. The number of aromatic hydroxyl groups is 1. The highest BCUT2D eigenvalue weighted by Gasteiger charge is 2.56.